The van der Waals surface area contributed by atoms with Crippen molar-refractivity contribution in [3.63, 3.8) is 0 Å². The second kappa shape index (κ2) is 19.2. The molecule has 0 saturated carbocycles. The summed E-state index contributed by atoms with van der Waals surface area (Å²) in [5, 5.41) is 120. The molecule has 4 aliphatic heterocycles. The Balaban J connectivity index is 1.65. The molecule has 4 saturated heterocycles. The summed E-state index contributed by atoms with van der Waals surface area (Å²) in [6, 6.07) is -3.35. The largest absolute Gasteiger partial charge is 0.397 e. The van der Waals surface area contributed by atoms with Gasteiger partial charge in [0.25, 0.3) is 0 Å². The molecule has 14 N–H and O–H groups in total. The maximum Gasteiger partial charge on any atom is 0.397 e. The minimum atomic E-state index is -5.23. The Bertz CT molecular complexity index is 1380. The van der Waals surface area contributed by atoms with E-state index >= 15 is 0 Å². The van der Waals surface area contributed by atoms with Crippen molar-refractivity contribution in [2.75, 3.05) is 26.4 Å². The van der Waals surface area contributed by atoms with E-state index in [0.717, 1.165) is 13.8 Å². The highest BCUT2D eigenvalue weighted by atomic mass is 32.3. The highest BCUT2D eigenvalue weighted by Crippen LogP contribution is 2.34. The molecule has 4 fully saturated rings. The van der Waals surface area contributed by atoms with Crippen molar-refractivity contribution in [1.29, 1.82) is 0 Å². The molecule has 20 atom stereocenters. The van der Waals surface area contributed by atoms with Gasteiger partial charge in [-0.3, -0.25) is 14.1 Å². The first-order chi connectivity index (χ1) is 25.7. The first-order valence-corrected chi connectivity index (χ1v) is 18.1. The molecule has 0 aromatic carbocycles. The summed E-state index contributed by atoms with van der Waals surface area (Å²) in [6.45, 7) is -1.89. The van der Waals surface area contributed by atoms with Crippen molar-refractivity contribution < 1.29 is 116 Å². The van der Waals surface area contributed by atoms with Crippen LogP contribution in [0.2, 0.25) is 0 Å². The minimum absolute atomic E-state index is 0.732. The van der Waals surface area contributed by atoms with Crippen molar-refractivity contribution in [2.45, 2.75) is 137 Å². The van der Waals surface area contributed by atoms with Gasteiger partial charge >= 0.3 is 10.4 Å². The van der Waals surface area contributed by atoms with Gasteiger partial charge in [0, 0.05) is 13.8 Å². The average Bonchev–Trinajstić information content (AvgIpc) is 3.11. The monoisotopic (exact) mass is 828 g/mol. The van der Waals surface area contributed by atoms with E-state index in [0.29, 0.717) is 0 Å². The van der Waals surface area contributed by atoms with E-state index in [4.69, 9.17) is 33.2 Å². The summed E-state index contributed by atoms with van der Waals surface area (Å²) >= 11 is 0. The zero-order chi connectivity index (χ0) is 41.1. The summed E-state index contributed by atoms with van der Waals surface area (Å²) in [5.74, 6) is -1.60. The summed E-state index contributed by atoms with van der Waals surface area (Å²) in [5.41, 5.74) is 0. The number of carbonyl (C=O) groups is 2. The summed E-state index contributed by atoms with van der Waals surface area (Å²) < 4.78 is 75.6. The molecule has 0 aliphatic carbocycles. The molecule has 55 heavy (non-hydrogen) atoms. The van der Waals surface area contributed by atoms with E-state index in [9.17, 15) is 78.7 Å². The van der Waals surface area contributed by atoms with Crippen LogP contribution in [-0.2, 0) is 57.3 Å². The Labute approximate surface area is 311 Å². The molecule has 0 unspecified atom stereocenters. The number of aliphatic hydroxyl groups excluding tert-OH is 11. The fourth-order valence-corrected chi connectivity index (χ4v) is 6.79. The number of aliphatic hydroxyl groups is 11. The fourth-order valence-electron chi connectivity index (χ4n) is 6.49. The quantitative estimate of drug-likeness (QED) is 0.0723. The van der Waals surface area contributed by atoms with Crippen molar-refractivity contribution >= 4 is 22.2 Å². The lowest BCUT2D eigenvalue weighted by atomic mass is 9.94. The molecule has 0 bridgehead atoms. The van der Waals surface area contributed by atoms with E-state index in [-0.39, 0.29) is 0 Å². The number of hydrogen-bond acceptors (Lipinski definition) is 23. The van der Waals surface area contributed by atoms with Gasteiger partial charge in [-0.05, 0) is 0 Å². The minimum Gasteiger partial charge on any atom is -0.394 e. The molecule has 2 amide bonds. The smallest absolute Gasteiger partial charge is 0.394 e. The zero-order valence-electron chi connectivity index (χ0n) is 29.0. The molecule has 320 valence electrons. The van der Waals surface area contributed by atoms with Crippen LogP contribution in [-0.4, -0.2) is 230 Å². The Morgan fingerprint density at radius 1 is 0.545 bits per heavy atom. The third-order valence-electron chi connectivity index (χ3n) is 9.21. The maximum absolute atomic E-state index is 12.3. The number of hydrogen-bond donors (Lipinski definition) is 14. The highest BCUT2D eigenvalue weighted by Gasteiger charge is 2.56. The lowest BCUT2D eigenvalue weighted by Gasteiger charge is -2.50. The van der Waals surface area contributed by atoms with E-state index < -0.39 is 171 Å². The van der Waals surface area contributed by atoms with Crippen LogP contribution in [0.1, 0.15) is 13.8 Å². The van der Waals surface area contributed by atoms with Gasteiger partial charge in [-0.15, -0.1) is 0 Å². The first-order valence-electron chi connectivity index (χ1n) is 16.7. The normalized spacial score (nSPS) is 45.5. The third kappa shape index (κ3) is 10.8. The predicted octanol–water partition coefficient (Wildman–Crippen LogP) is -9.63. The predicted molar refractivity (Wildman–Crippen MR) is 167 cm³/mol. The molecule has 27 heteroatoms. The molecule has 0 aromatic heterocycles. The Morgan fingerprint density at radius 3 is 1.55 bits per heavy atom. The molecule has 0 radical (unpaired) electrons. The summed E-state index contributed by atoms with van der Waals surface area (Å²) in [7, 11) is -5.23. The number of rotatable bonds is 14. The Morgan fingerprint density at radius 2 is 1.00 bits per heavy atom. The van der Waals surface area contributed by atoms with Crippen LogP contribution in [0.15, 0.2) is 0 Å². The van der Waals surface area contributed by atoms with E-state index in [1.165, 1.54) is 0 Å². The second-order valence-electron chi connectivity index (χ2n) is 13.1. The van der Waals surface area contributed by atoms with Crippen molar-refractivity contribution in [1.82, 2.24) is 10.6 Å². The summed E-state index contributed by atoms with van der Waals surface area (Å²) in [4.78, 5) is 24.2. The fraction of sp³-hybridized carbons (Fsp3) is 0.929. The van der Waals surface area contributed by atoms with Gasteiger partial charge in [0.15, 0.2) is 25.2 Å². The first kappa shape index (κ1) is 45.8. The van der Waals surface area contributed by atoms with Crippen LogP contribution in [0.25, 0.3) is 0 Å². The Hall–Kier alpha value is -1.91. The van der Waals surface area contributed by atoms with E-state index in [1.54, 1.807) is 0 Å². The standard InChI is InChI=1S/C28H48N2O24S/c1-7(34)29-13-18(39)22(52-27-20(41)19(40)15(36)9(3-31)49-27)12(6-47-55(44,45)46)51-26(13)54-24-17(38)11(5-33)50-28(21(24)42)53-23-14(30-8(2)35)25(43)48-10(4-32)16(23)37/h9-28,31-33,36-43H,3-6H2,1-2H3,(H,29,34)(H,30,35)(H,44,45,46)/t9-,10-,11-,12-,13-,14-,15+,16+,17+,18-,19+,20-,21-,22-,23-,24+,25-,26+,27+,28+/m1/s1. The lowest BCUT2D eigenvalue weighted by molar-refractivity contribution is -0.375. The second-order valence-corrected chi connectivity index (χ2v) is 14.2. The topological polar surface area (TPSA) is 409 Å². The molecular formula is C28H48N2O24S. The van der Waals surface area contributed by atoms with Crippen molar-refractivity contribution in [3.8, 4) is 0 Å². The molecule has 4 rings (SSSR count). The van der Waals surface area contributed by atoms with Gasteiger partial charge in [0.1, 0.15) is 97.5 Å². The molecule has 26 nitrogen and oxygen atoms in total. The van der Waals surface area contributed by atoms with Crippen LogP contribution in [0, 0.1) is 0 Å². The number of ether oxygens (including phenoxy) is 7. The molecule has 0 spiro atoms. The zero-order valence-corrected chi connectivity index (χ0v) is 29.9. The Kier molecular flexibility index (Phi) is 16.0. The SMILES string of the molecule is CC(=O)N[C@@H]1[C@@H](O[C@@H]2O[C@H](CO)[C@H](O)[C@H](O[C@@H]3O[C@H](COS(=O)(=O)O)[C@@H](O[C@@H]4O[C@H](CO)[C@H](O)[C@H](O)[C@H]4O)[C@H](O)[C@H]3NC(C)=O)[C@H]2O)[C@@H](O)[C@@H](CO)O[C@H]1O. The van der Waals surface area contributed by atoms with Gasteiger partial charge in [0.05, 0.1) is 26.4 Å². The highest BCUT2D eigenvalue weighted by molar-refractivity contribution is 7.80. The van der Waals surface area contributed by atoms with E-state index in [2.05, 4.69) is 14.8 Å². The molecular weight excluding hydrogens is 780 g/mol. The van der Waals surface area contributed by atoms with E-state index in [1.807, 2.05) is 0 Å². The molecule has 4 heterocycles. The number of amides is 2. The summed E-state index contributed by atoms with van der Waals surface area (Å²) in [6.07, 6.45) is -34.0. The van der Waals surface area contributed by atoms with Gasteiger partial charge in [-0.25, -0.2) is 4.18 Å². The average molecular weight is 829 g/mol. The van der Waals surface area contributed by atoms with Gasteiger partial charge in [0.2, 0.25) is 11.8 Å². The number of carbonyl (C=O) groups excluding carboxylic acids is 2. The third-order valence-corrected chi connectivity index (χ3v) is 9.65. The van der Waals surface area contributed by atoms with Crippen molar-refractivity contribution in [3.05, 3.63) is 0 Å². The van der Waals surface area contributed by atoms with Crippen molar-refractivity contribution in [2.24, 2.45) is 0 Å². The number of nitrogens with one attached hydrogen (secondary N) is 2. The van der Waals surface area contributed by atoms with Crippen LogP contribution < -0.4 is 10.6 Å². The van der Waals surface area contributed by atoms with Crippen LogP contribution in [0.5, 0.6) is 0 Å². The molecule has 4 aliphatic rings. The van der Waals surface area contributed by atoms with Crippen LogP contribution in [0.4, 0.5) is 0 Å². The van der Waals surface area contributed by atoms with Gasteiger partial charge < -0.3 is 100.0 Å². The van der Waals surface area contributed by atoms with Gasteiger partial charge in [-0.2, -0.15) is 8.42 Å². The van der Waals surface area contributed by atoms with Gasteiger partial charge in [-0.1, -0.05) is 0 Å². The van der Waals surface area contributed by atoms with Crippen LogP contribution in [0.3, 0.4) is 0 Å². The maximum atomic E-state index is 12.3. The van der Waals surface area contributed by atoms with Crippen LogP contribution >= 0.6 is 0 Å². The lowest BCUT2D eigenvalue weighted by Crippen LogP contribution is -2.70. The molecule has 0 aromatic rings.